The third-order valence-corrected chi connectivity index (χ3v) is 7.76. The summed E-state index contributed by atoms with van der Waals surface area (Å²) in [5.74, 6) is -1.47. The van der Waals surface area contributed by atoms with Crippen LogP contribution in [-0.4, -0.2) is 59.0 Å². The van der Waals surface area contributed by atoms with Crippen molar-refractivity contribution in [3.05, 3.63) is 59.2 Å². The number of amides is 2. The number of ether oxygens (including phenoxy) is 1. The molecule has 2 aliphatic rings. The lowest BCUT2D eigenvalue weighted by Crippen LogP contribution is -2.46. The molecule has 0 bridgehead atoms. The number of nitrogens with one attached hydrogen (secondary N) is 2. The van der Waals surface area contributed by atoms with Crippen LogP contribution in [0.3, 0.4) is 0 Å². The van der Waals surface area contributed by atoms with Gasteiger partial charge in [-0.1, -0.05) is 6.07 Å². The lowest BCUT2D eigenvalue weighted by molar-refractivity contribution is -0.138. The van der Waals surface area contributed by atoms with Crippen LogP contribution in [0.2, 0.25) is 0 Å². The number of halogens is 1. The molecule has 11 heteroatoms. The number of carbonyl (C=O) groups excluding carboxylic acids is 2. The van der Waals surface area contributed by atoms with Gasteiger partial charge in [-0.05, 0) is 80.4 Å². The molecule has 3 N–H and O–H groups in total. The van der Waals surface area contributed by atoms with E-state index in [1.807, 2.05) is 0 Å². The van der Waals surface area contributed by atoms with Crippen molar-refractivity contribution < 1.29 is 28.6 Å². The maximum absolute atomic E-state index is 13.6. The van der Waals surface area contributed by atoms with E-state index in [0.717, 1.165) is 32.4 Å². The molecule has 1 aromatic heterocycles. The zero-order valence-electron chi connectivity index (χ0n) is 23.0. The Kier molecular flexibility index (Phi) is 10.6. The number of carboxylic acid groups (broad SMARTS) is 1. The molecule has 218 valence electrons. The van der Waals surface area contributed by atoms with Crippen LogP contribution in [0.15, 0.2) is 36.7 Å². The summed E-state index contributed by atoms with van der Waals surface area (Å²) in [6.07, 6.45) is 7.41. The van der Waals surface area contributed by atoms with Gasteiger partial charge >= 0.3 is 5.97 Å². The summed E-state index contributed by atoms with van der Waals surface area (Å²) in [6.45, 7) is 2.97. The molecule has 10 nitrogen and oxygen atoms in total. The van der Waals surface area contributed by atoms with Crippen molar-refractivity contribution >= 4 is 17.8 Å². The highest BCUT2D eigenvalue weighted by Crippen LogP contribution is 2.25. The number of rotatable bonds is 11. The molecule has 2 amide bonds. The van der Waals surface area contributed by atoms with E-state index in [-0.39, 0.29) is 30.4 Å². The Labute approximate surface area is 238 Å². The molecule has 2 saturated heterocycles. The van der Waals surface area contributed by atoms with Gasteiger partial charge in [0, 0.05) is 25.7 Å². The predicted octanol–water partition coefficient (Wildman–Crippen LogP) is 3.32. The quantitative estimate of drug-likeness (QED) is 0.376. The van der Waals surface area contributed by atoms with Crippen molar-refractivity contribution in [3.8, 4) is 11.8 Å². The molecule has 4 rings (SSSR count). The van der Waals surface area contributed by atoms with Crippen LogP contribution in [0.5, 0.6) is 5.75 Å². The van der Waals surface area contributed by atoms with Crippen LogP contribution in [0.25, 0.3) is 0 Å². The topological polar surface area (TPSA) is 145 Å². The molecule has 0 saturated carbocycles. The SMILES string of the molecule is N#Cc1cc(COc2cncc([C@@H](CC(=O)O)NC(=O)[C@@H]3CCCN(C(=O)CCC4CCNCC4)C3)c2)ccc1F. The number of likely N-dealkylation sites (tertiary alicyclic amines) is 1. The minimum absolute atomic E-state index is 0.0413. The smallest absolute Gasteiger partial charge is 0.305 e. The summed E-state index contributed by atoms with van der Waals surface area (Å²) in [4.78, 5) is 43.7. The van der Waals surface area contributed by atoms with E-state index in [2.05, 4.69) is 15.6 Å². The van der Waals surface area contributed by atoms with Crippen molar-refractivity contribution in [3.63, 3.8) is 0 Å². The fourth-order valence-corrected chi connectivity index (χ4v) is 5.41. The highest BCUT2D eigenvalue weighted by molar-refractivity contribution is 5.82. The maximum atomic E-state index is 13.6. The van der Waals surface area contributed by atoms with Crippen LogP contribution in [-0.2, 0) is 21.0 Å². The number of carboxylic acids is 1. The van der Waals surface area contributed by atoms with E-state index >= 15 is 0 Å². The molecule has 3 heterocycles. The standard InChI is InChI=1S/C30H36FN5O5/c31-26-5-3-21(12-23(26)15-32)19-41-25-13-24(16-34-17-25)27(14-29(38)39)35-30(40)22-2-1-11-36(18-22)28(37)6-4-20-7-9-33-10-8-20/h3,5,12-13,16-17,20,22,27,33H,1-2,4,6-11,14,18-19H2,(H,35,40)(H,38,39)/t22-,27-/m1/s1. The van der Waals surface area contributed by atoms with Gasteiger partial charge in [0.1, 0.15) is 24.2 Å². The van der Waals surface area contributed by atoms with Crippen LogP contribution in [0.4, 0.5) is 4.39 Å². The van der Waals surface area contributed by atoms with Crippen molar-refractivity contribution in [1.29, 1.82) is 5.26 Å². The number of nitriles is 1. The minimum Gasteiger partial charge on any atom is -0.487 e. The fourth-order valence-electron chi connectivity index (χ4n) is 5.41. The first-order chi connectivity index (χ1) is 19.8. The molecule has 41 heavy (non-hydrogen) atoms. The van der Waals surface area contributed by atoms with Gasteiger partial charge in [0.15, 0.2) is 0 Å². The van der Waals surface area contributed by atoms with Crippen molar-refractivity contribution in [1.82, 2.24) is 20.5 Å². The third kappa shape index (κ3) is 8.72. The summed E-state index contributed by atoms with van der Waals surface area (Å²) in [5, 5.41) is 24.8. The van der Waals surface area contributed by atoms with Gasteiger partial charge in [0.25, 0.3) is 0 Å². The number of nitrogens with zero attached hydrogens (tertiary/aromatic N) is 3. The molecule has 2 fully saturated rings. The van der Waals surface area contributed by atoms with Gasteiger partial charge in [-0.25, -0.2) is 4.39 Å². The monoisotopic (exact) mass is 565 g/mol. The molecule has 0 radical (unpaired) electrons. The number of piperidine rings is 2. The van der Waals surface area contributed by atoms with Crippen LogP contribution in [0.1, 0.15) is 67.7 Å². The van der Waals surface area contributed by atoms with E-state index in [1.54, 1.807) is 17.0 Å². The molecular formula is C30H36FN5O5. The van der Waals surface area contributed by atoms with Gasteiger partial charge in [0.2, 0.25) is 11.8 Å². The van der Waals surface area contributed by atoms with Gasteiger partial charge in [-0.15, -0.1) is 0 Å². The number of pyridine rings is 1. The predicted molar refractivity (Wildman–Crippen MR) is 147 cm³/mol. The average Bonchev–Trinajstić information content (AvgIpc) is 2.99. The van der Waals surface area contributed by atoms with Gasteiger partial charge in [0.05, 0.1) is 30.1 Å². The normalized spacial score (nSPS) is 18.2. The third-order valence-electron chi connectivity index (χ3n) is 7.76. The maximum Gasteiger partial charge on any atom is 0.305 e. The molecule has 0 spiro atoms. The number of aromatic nitrogens is 1. The summed E-state index contributed by atoms with van der Waals surface area (Å²) in [7, 11) is 0. The lowest BCUT2D eigenvalue weighted by Gasteiger charge is -2.33. The average molecular weight is 566 g/mol. The fraction of sp³-hybridized carbons (Fsp3) is 0.500. The molecule has 2 aliphatic heterocycles. The summed E-state index contributed by atoms with van der Waals surface area (Å²) in [6, 6.07) is 6.64. The van der Waals surface area contributed by atoms with Crippen LogP contribution < -0.4 is 15.4 Å². The number of carbonyl (C=O) groups is 3. The van der Waals surface area contributed by atoms with E-state index in [4.69, 9.17) is 10.00 Å². The second kappa shape index (κ2) is 14.6. The number of aliphatic carboxylic acids is 1. The van der Waals surface area contributed by atoms with E-state index in [9.17, 15) is 23.9 Å². The zero-order valence-corrected chi connectivity index (χ0v) is 23.0. The molecule has 2 atom stereocenters. The Morgan fingerprint density at radius 1 is 1.22 bits per heavy atom. The van der Waals surface area contributed by atoms with Gasteiger partial charge < -0.3 is 25.4 Å². The lowest BCUT2D eigenvalue weighted by atomic mass is 9.92. The Morgan fingerprint density at radius 2 is 2.02 bits per heavy atom. The van der Waals surface area contributed by atoms with Crippen molar-refractivity contribution in [2.45, 2.75) is 57.6 Å². The van der Waals surface area contributed by atoms with Crippen molar-refractivity contribution in [2.24, 2.45) is 11.8 Å². The minimum atomic E-state index is -1.09. The first-order valence-corrected chi connectivity index (χ1v) is 14.1. The van der Waals surface area contributed by atoms with Gasteiger partial charge in [-0.3, -0.25) is 19.4 Å². The molecule has 1 aromatic carbocycles. The number of benzene rings is 1. The summed E-state index contributed by atoms with van der Waals surface area (Å²) < 4.78 is 19.4. The van der Waals surface area contributed by atoms with Gasteiger partial charge in [-0.2, -0.15) is 5.26 Å². The Bertz CT molecular complexity index is 1280. The van der Waals surface area contributed by atoms with E-state index in [1.165, 1.54) is 30.6 Å². The number of hydrogen-bond acceptors (Lipinski definition) is 7. The highest BCUT2D eigenvalue weighted by atomic mass is 19.1. The summed E-state index contributed by atoms with van der Waals surface area (Å²) in [5.41, 5.74) is 0.948. The van der Waals surface area contributed by atoms with Crippen LogP contribution >= 0.6 is 0 Å². The van der Waals surface area contributed by atoms with E-state index in [0.29, 0.717) is 55.1 Å². The second-order valence-corrected chi connectivity index (χ2v) is 10.7. The zero-order chi connectivity index (χ0) is 29.2. The summed E-state index contributed by atoms with van der Waals surface area (Å²) >= 11 is 0. The molecule has 2 aromatic rings. The largest absolute Gasteiger partial charge is 0.487 e. The number of hydrogen-bond donors (Lipinski definition) is 3. The Hall–Kier alpha value is -4.04. The highest BCUT2D eigenvalue weighted by Gasteiger charge is 2.31. The molecule has 0 unspecified atom stereocenters. The second-order valence-electron chi connectivity index (χ2n) is 10.7. The molecular weight excluding hydrogens is 529 g/mol. The van der Waals surface area contributed by atoms with Crippen molar-refractivity contribution in [2.75, 3.05) is 26.2 Å². The van der Waals surface area contributed by atoms with Crippen LogP contribution in [0, 0.1) is 29.0 Å². The van der Waals surface area contributed by atoms with E-state index < -0.39 is 23.7 Å². The Morgan fingerprint density at radius 3 is 2.78 bits per heavy atom. The first kappa shape index (κ1) is 29.9. The molecule has 0 aliphatic carbocycles. The first-order valence-electron chi connectivity index (χ1n) is 14.1. The Balaban J connectivity index is 1.36.